The second-order valence-electron chi connectivity index (χ2n) is 1.97. The number of carboxylic acid groups (broad SMARTS) is 1. The topological polar surface area (TPSA) is 90.3 Å². The normalized spacial score (nSPS) is 10.1. The molecule has 0 saturated carbocycles. The lowest BCUT2D eigenvalue weighted by molar-refractivity contribution is -0.772. The zero-order valence-corrected chi connectivity index (χ0v) is 7.00. The van der Waals surface area contributed by atoms with Gasteiger partial charge in [0.25, 0.3) is 5.03 Å². The summed E-state index contributed by atoms with van der Waals surface area (Å²) in [5.74, 6) is -1.77. The monoisotopic (exact) mass is 190 g/mol. The number of nitrogens with zero attached hydrogens (tertiary/aromatic N) is 2. The third-order valence-electron chi connectivity index (χ3n) is 1.05. The summed E-state index contributed by atoms with van der Waals surface area (Å²) in [5, 5.41) is 22.6. The Morgan fingerprint density at radius 3 is 3.00 bits per heavy atom. The van der Waals surface area contributed by atoms with Crippen molar-refractivity contribution in [2.45, 2.75) is 5.03 Å². The Labute approximate surface area is 71.8 Å². The van der Waals surface area contributed by atoms with E-state index in [4.69, 9.17) is 5.11 Å². The first kappa shape index (κ1) is 8.85. The predicted molar refractivity (Wildman–Crippen MR) is 35.5 cm³/mol. The van der Waals surface area contributed by atoms with Crippen molar-refractivity contribution in [3.8, 4) is 5.95 Å². The highest BCUT2D eigenvalue weighted by molar-refractivity contribution is 7.99. The Hall–Kier alpha value is -1.24. The highest BCUT2D eigenvalue weighted by Gasteiger charge is 2.14. The van der Waals surface area contributed by atoms with Gasteiger partial charge in [0.2, 0.25) is 0 Å². The molecule has 6 nitrogen and oxygen atoms in total. The molecule has 0 amide bonds. The fraction of sp³-hybridized carbons (Fsp3) is 0.400. The first-order chi connectivity index (χ1) is 5.61. The van der Waals surface area contributed by atoms with Gasteiger partial charge in [-0.05, 0) is 11.8 Å². The quantitative estimate of drug-likeness (QED) is 0.473. The molecule has 1 aromatic rings. The number of carbonyl (C=O) groups is 1. The maximum Gasteiger partial charge on any atom is 0.314 e. The van der Waals surface area contributed by atoms with Gasteiger partial charge in [-0.1, -0.05) is 4.68 Å². The van der Waals surface area contributed by atoms with Gasteiger partial charge in [-0.25, -0.2) is 0 Å². The molecule has 0 saturated heterocycles. The van der Waals surface area contributed by atoms with Crippen LogP contribution in [0.15, 0.2) is 9.55 Å². The lowest BCUT2D eigenvalue weighted by Crippen LogP contribution is -2.32. The molecule has 7 heteroatoms. The second-order valence-corrected chi connectivity index (χ2v) is 2.94. The third kappa shape index (κ3) is 1.88. The lowest BCUT2D eigenvalue weighted by Gasteiger charge is -1.91. The van der Waals surface area contributed by atoms with Crippen molar-refractivity contribution in [2.75, 3.05) is 5.75 Å². The second kappa shape index (κ2) is 3.44. The van der Waals surface area contributed by atoms with Gasteiger partial charge in [0.05, 0.1) is 5.27 Å². The van der Waals surface area contributed by atoms with Crippen molar-refractivity contribution < 1.29 is 24.2 Å². The van der Waals surface area contributed by atoms with Gasteiger partial charge >= 0.3 is 5.97 Å². The number of rotatable bonds is 3. The van der Waals surface area contributed by atoms with Gasteiger partial charge in [-0.2, -0.15) is 0 Å². The van der Waals surface area contributed by atoms with E-state index in [0.717, 1.165) is 11.8 Å². The number of hydrogen-bond donors (Lipinski definition) is 1. The first-order valence-corrected chi connectivity index (χ1v) is 3.97. The van der Waals surface area contributed by atoms with E-state index < -0.39 is 11.9 Å². The summed E-state index contributed by atoms with van der Waals surface area (Å²) in [6.07, 6.45) is 0. The Kier molecular flexibility index (Phi) is 2.54. The molecule has 0 unspecified atom stereocenters. The first-order valence-electron chi connectivity index (χ1n) is 2.99. The molecule has 1 N–H and O–H groups in total. The van der Waals surface area contributed by atoms with E-state index in [-0.39, 0.29) is 10.8 Å². The van der Waals surface area contributed by atoms with Crippen molar-refractivity contribution in [1.29, 1.82) is 0 Å². The van der Waals surface area contributed by atoms with E-state index >= 15 is 0 Å². The average Bonchev–Trinajstić information content (AvgIpc) is 2.28. The van der Waals surface area contributed by atoms with Gasteiger partial charge in [0, 0.05) is 0 Å². The van der Waals surface area contributed by atoms with E-state index in [2.05, 4.69) is 9.79 Å². The van der Waals surface area contributed by atoms with E-state index in [0.29, 0.717) is 0 Å². The van der Waals surface area contributed by atoms with Crippen molar-refractivity contribution in [3.63, 3.8) is 0 Å². The molecular weight excluding hydrogens is 184 g/mol. The van der Waals surface area contributed by atoms with Crippen molar-refractivity contribution in [2.24, 2.45) is 7.05 Å². The molecule has 0 aliphatic rings. The van der Waals surface area contributed by atoms with Crippen LogP contribution in [0.2, 0.25) is 0 Å². The van der Waals surface area contributed by atoms with E-state index in [1.165, 1.54) is 11.7 Å². The van der Waals surface area contributed by atoms with E-state index in [1.54, 1.807) is 0 Å². The van der Waals surface area contributed by atoms with E-state index in [9.17, 15) is 9.90 Å². The fourth-order valence-electron chi connectivity index (χ4n) is 0.589. The minimum absolute atomic E-state index is 0.176. The van der Waals surface area contributed by atoms with Crippen molar-refractivity contribution in [1.82, 2.24) is 5.27 Å². The summed E-state index contributed by atoms with van der Waals surface area (Å²) in [5.41, 5.74) is 0. The van der Waals surface area contributed by atoms with Crippen LogP contribution in [0.5, 0.6) is 5.95 Å². The van der Waals surface area contributed by atoms with Crippen LogP contribution in [0, 0.1) is 0 Å². The summed E-state index contributed by atoms with van der Waals surface area (Å²) >= 11 is 0.883. The SMILES string of the molecule is C[n+]1noc([O-])c1SCC(=O)O. The smallest absolute Gasteiger partial charge is 0.314 e. The van der Waals surface area contributed by atoms with Gasteiger partial charge in [0.1, 0.15) is 5.75 Å². The molecule has 1 rings (SSSR count). The summed E-state index contributed by atoms with van der Waals surface area (Å²) in [6, 6.07) is 0. The molecule has 1 aromatic heterocycles. The number of thioether (sulfide) groups is 1. The van der Waals surface area contributed by atoms with Gasteiger partial charge in [-0.3, -0.25) is 4.79 Å². The number of aliphatic carboxylic acids is 1. The summed E-state index contributed by atoms with van der Waals surface area (Å²) in [6.45, 7) is 0. The molecule has 0 bridgehead atoms. The maximum atomic E-state index is 10.8. The Morgan fingerprint density at radius 1 is 1.92 bits per heavy atom. The van der Waals surface area contributed by atoms with E-state index in [1.807, 2.05) is 0 Å². The van der Waals surface area contributed by atoms with Crippen LogP contribution in [-0.2, 0) is 11.8 Å². The summed E-state index contributed by atoms with van der Waals surface area (Å²) in [7, 11) is 1.51. The molecule has 1 heterocycles. The molecule has 0 aliphatic carbocycles. The van der Waals surface area contributed by atoms with Crippen LogP contribution in [0.25, 0.3) is 0 Å². The van der Waals surface area contributed by atoms with Crippen LogP contribution < -0.4 is 9.79 Å². The van der Waals surface area contributed by atoms with Crippen molar-refractivity contribution in [3.05, 3.63) is 0 Å². The fourth-order valence-corrected chi connectivity index (χ4v) is 1.22. The lowest BCUT2D eigenvalue weighted by atomic mass is 10.8. The number of aromatic nitrogens is 2. The van der Waals surface area contributed by atoms with Gasteiger partial charge in [-0.15, -0.1) is 0 Å². The predicted octanol–water partition coefficient (Wildman–Crippen LogP) is -1.25. The highest BCUT2D eigenvalue weighted by Crippen LogP contribution is 2.20. The Bertz CT molecular complexity index is 278. The van der Waals surface area contributed by atoms with Crippen LogP contribution in [0.1, 0.15) is 0 Å². The van der Waals surface area contributed by atoms with Gasteiger partial charge in [0.15, 0.2) is 13.0 Å². The maximum absolute atomic E-state index is 10.8. The van der Waals surface area contributed by atoms with Crippen LogP contribution >= 0.6 is 11.8 Å². The minimum Gasteiger partial charge on any atom is -0.538 e. The van der Waals surface area contributed by atoms with Crippen LogP contribution in [0.3, 0.4) is 0 Å². The van der Waals surface area contributed by atoms with Crippen LogP contribution in [-0.4, -0.2) is 22.1 Å². The number of carboxylic acids is 1. The zero-order chi connectivity index (χ0) is 9.14. The van der Waals surface area contributed by atoms with Crippen LogP contribution in [0.4, 0.5) is 0 Å². The number of hydrogen-bond acceptors (Lipinski definition) is 5. The number of aryl methyl sites for hydroxylation is 1. The largest absolute Gasteiger partial charge is 0.538 e. The van der Waals surface area contributed by atoms with Gasteiger partial charge < -0.3 is 14.7 Å². The average molecular weight is 190 g/mol. The van der Waals surface area contributed by atoms with Crippen molar-refractivity contribution >= 4 is 17.7 Å². The Balaban J connectivity index is 2.68. The molecular formula is C5H6N2O4S. The summed E-state index contributed by atoms with van der Waals surface area (Å²) < 4.78 is 5.48. The molecule has 0 fully saturated rings. The Morgan fingerprint density at radius 2 is 2.58 bits per heavy atom. The standard InChI is InChI=1S/C5H6N2O4S/c1-7-4(5(10)11-6-7)12-2-3(8)9/h2H2,1H3,(H-,6,8,9,10). The molecule has 0 aliphatic heterocycles. The zero-order valence-electron chi connectivity index (χ0n) is 6.18. The third-order valence-corrected chi connectivity index (χ3v) is 2.14. The molecule has 0 atom stereocenters. The molecule has 66 valence electrons. The summed E-state index contributed by atoms with van der Waals surface area (Å²) in [4.78, 5) is 10.1. The molecule has 0 aromatic carbocycles. The molecule has 0 radical (unpaired) electrons. The minimum atomic E-state index is -0.986. The highest BCUT2D eigenvalue weighted by atomic mass is 32.2. The molecule has 0 spiro atoms. The molecule has 12 heavy (non-hydrogen) atoms.